The van der Waals surface area contributed by atoms with Crippen LogP contribution in [0.2, 0.25) is 5.15 Å². The molecule has 1 fully saturated rings. The predicted molar refractivity (Wildman–Crippen MR) is 120 cm³/mol. The Bertz CT molecular complexity index is 1330. The smallest absolute Gasteiger partial charge is 0.326 e. The molecule has 5 rings (SSSR count). The summed E-state index contributed by atoms with van der Waals surface area (Å²) in [5.41, 5.74) is 4.10. The van der Waals surface area contributed by atoms with Crippen LogP contribution in [0.1, 0.15) is 62.5 Å². The van der Waals surface area contributed by atoms with E-state index < -0.39 is 5.60 Å². The van der Waals surface area contributed by atoms with Gasteiger partial charge in [0.05, 0.1) is 34.4 Å². The van der Waals surface area contributed by atoms with E-state index in [1.165, 1.54) is 0 Å². The summed E-state index contributed by atoms with van der Waals surface area (Å²) < 4.78 is 1.70. The van der Waals surface area contributed by atoms with Gasteiger partial charge in [0.1, 0.15) is 11.0 Å². The lowest BCUT2D eigenvalue weighted by Gasteiger charge is -2.16. The zero-order valence-corrected chi connectivity index (χ0v) is 18.3. The van der Waals surface area contributed by atoms with Crippen LogP contribution in [0.15, 0.2) is 23.1 Å². The Morgan fingerprint density at radius 2 is 2.10 bits per heavy atom. The number of aliphatic hydroxyl groups is 1. The molecule has 0 spiro atoms. The van der Waals surface area contributed by atoms with E-state index >= 15 is 0 Å². The third-order valence-electron chi connectivity index (χ3n) is 5.78. The molecule has 3 N–H and O–H groups in total. The Morgan fingerprint density at radius 3 is 2.84 bits per heavy atom. The van der Waals surface area contributed by atoms with Crippen molar-refractivity contribution in [2.75, 3.05) is 0 Å². The topological polar surface area (TPSA) is 112 Å². The summed E-state index contributed by atoms with van der Waals surface area (Å²) in [6.45, 7) is 3.90. The summed E-state index contributed by atoms with van der Waals surface area (Å²) in [6.07, 6.45) is 6.19. The van der Waals surface area contributed by atoms with Gasteiger partial charge in [0.25, 0.3) is 0 Å². The fraction of sp³-hybridized carbons (Fsp3) is 0.455. The molecular formula is C22H25ClN6O2. The molecule has 0 unspecified atom stereocenters. The normalized spacial score (nSPS) is 14.7. The summed E-state index contributed by atoms with van der Waals surface area (Å²) in [4.78, 5) is 32.5. The number of fused-ring (bicyclic) bond motifs is 2. The number of halogens is 1. The number of aromatic amines is 2. The average molecular weight is 441 g/mol. The number of aryl methyl sites for hydroxylation is 1. The Morgan fingerprint density at radius 1 is 1.29 bits per heavy atom. The number of imidazole rings is 2. The number of rotatable bonds is 7. The Labute approximate surface area is 183 Å². The molecule has 0 aliphatic heterocycles. The van der Waals surface area contributed by atoms with E-state index in [-0.39, 0.29) is 5.69 Å². The molecule has 4 aromatic rings. The molecular weight excluding hydrogens is 416 g/mol. The highest BCUT2D eigenvalue weighted by atomic mass is 35.5. The molecule has 0 bridgehead atoms. The van der Waals surface area contributed by atoms with Crippen LogP contribution in [-0.4, -0.2) is 40.2 Å². The number of pyridine rings is 2. The van der Waals surface area contributed by atoms with Crippen LogP contribution in [0, 0.1) is 0 Å². The molecule has 9 heteroatoms. The summed E-state index contributed by atoms with van der Waals surface area (Å²) in [7, 11) is 0. The lowest BCUT2D eigenvalue weighted by molar-refractivity contribution is 0.0689. The van der Waals surface area contributed by atoms with Gasteiger partial charge in [-0.2, -0.15) is 0 Å². The van der Waals surface area contributed by atoms with Crippen molar-refractivity contribution in [1.29, 1.82) is 0 Å². The van der Waals surface area contributed by atoms with Gasteiger partial charge in [0, 0.05) is 12.1 Å². The molecule has 1 saturated carbocycles. The Kier molecular flexibility index (Phi) is 4.86. The second kappa shape index (κ2) is 7.46. The van der Waals surface area contributed by atoms with E-state index in [0.717, 1.165) is 53.5 Å². The van der Waals surface area contributed by atoms with E-state index in [9.17, 15) is 9.90 Å². The zero-order valence-electron chi connectivity index (χ0n) is 17.6. The highest BCUT2D eigenvalue weighted by Gasteiger charge is 2.29. The third-order valence-corrected chi connectivity index (χ3v) is 5.97. The zero-order chi connectivity index (χ0) is 21.8. The maximum atomic E-state index is 12.7. The fourth-order valence-electron chi connectivity index (χ4n) is 4.14. The van der Waals surface area contributed by atoms with Crippen molar-refractivity contribution in [1.82, 2.24) is 29.5 Å². The standard InChI is InChI=1S/C22H25ClN6O2/c1-22(2,31)8-3-4-13-10-15(23)26-20-18(13)27-16(28-20)11-29-19-14(25-21(29)30)7-9-24-17(19)12-5-6-12/h7,9-10,12,31H,3-6,8,11H2,1-2H3,(H,25,30)(H,26,27,28). The number of aromatic nitrogens is 6. The Balaban J connectivity index is 1.50. The summed E-state index contributed by atoms with van der Waals surface area (Å²) in [5, 5.41) is 10.4. The third kappa shape index (κ3) is 4.09. The first-order chi connectivity index (χ1) is 14.8. The first kappa shape index (κ1) is 20.2. The van der Waals surface area contributed by atoms with Gasteiger partial charge in [0.2, 0.25) is 0 Å². The molecule has 0 saturated heterocycles. The SMILES string of the molecule is CC(C)(O)CCCc1cc(Cl)nc2nc(Cn3c(=O)[nH]c4ccnc(C5CC5)c43)[nH]c12. The van der Waals surface area contributed by atoms with E-state index in [1.807, 2.05) is 12.1 Å². The van der Waals surface area contributed by atoms with Crippen molar-refractivity contribution in [2.45, 2.75) is 64.0 Å². The van der Waals surface area contributed by atoms with Gasteiger partial charge in [-0.1, -0.05) is 11.6 Å². The van der Waals surface area contributed by atoms with Crippen molar-refractivity contribution < 1.29 is 5.11 Å². The van der Waals surface area contributed by atoms with Crippen molar-refractivity contribution in [3.8, 4) is 0 Å². The molecule has 0 aromatic carbocycles. The van der Waals surface area contributed by atoms with Crippen LogP contribution in [0.3, 0.4) is 0 Å². The number of nitrogens with zero attached hydrogens (tertiary/aromatic N) is 4. The minimum atomic E-state index is -0.709. The van der Waals surface area contributed by atoms with Crippen LogP contribution in [-0.2, 0) is 13.0 Å². The van der Waals surface area contributed by atoms with Gasteiger partial charge in [0.15, 0.2) is 5.65 Å². The predicted octanol–water partition coefficient (Wildman–Crippen LogP) is 3.67. The van der Waals surface area contributed by atoms with E-state index in [1.54, 1.807) is 24.6 Å². The number of hydrogen-bond acceptors (Lipinski definition) is 5. The molecule has 1 aliphatic carbocycles. The lowest BCUT2D eigenvalue weighted by atomic mass is 9.99. The van der Waals surface area contributed by atoms with Crippen LogP contribution >= 0.6 is 11.6 Å². The largest absolute Gasteiger partial charge is 0.390 e. The molecule has 31 heavy (non-hydrogen) atoms. The molecule has 8 nitrogen and oxygen atoms in total. The van der Waals surface area contributed by atoms with Gasteiger partial charge >= 0.3 is 5.69 Å². The Hall–Kier alpha value is -2.71. The van der Waals surface area contributed by atoms with Crippen molar-refractivity contribution in [2.24, 2.45) is 0 Å². The molecule has 1 aliphatic rings. The van der Waals surface area contributed by atoms with E-state index in [2.05, 4.69) is 24.9 Å². The highest BCUT2D eigenvalue weighted by molar-refractivity contribution is 6.29. The quantitative estimate of drug-likeness (QED) is 0.379. The minimum absolute atomic E-state index is 0.179. The summed E-state index contributed by atoms with van der Waals surface area (Å²) in [6, 6.07) is 3.67. The van der Waals surface area contributed by atoms with Gasteiger partial charge in [-0.15, -0.1) is 0 Å². The van der Waals surface area contributed by atoms with Crippen LogP contribution in [0.4, 0.5) is 0 Å². The van der Waals surface area contributed by atoms with Crippen molar-refractivity contribution in [3.63, 3.8) is 0 Å². The van der Waals surface area contributed by atoms with Crippen molar-refractivity contribution in [3.05, 3.63) is 51.0 Å². The molecule has 162 valence electrons. The van der Waals surface area contributed by atoms with Gasteiger partial charge in [-0.25, -0.2) is 14.8 Å². The van der Waals surface area contributed by atoms with Gasteiger partial charge in [-0.05, 0) is 63.6 Å². The van der Waals surface area contributed by atoms with Gasteiger partial charge in [-0.3, -0.25) is 9.55 Å². The number of hydrogen-bond donors (Lipinski definition) is 3. The maximum absolute atomic E-state index is 12.7. The fourth-order valence-corrected chi connectivity index (χ4v) is 4.36. The highest BCUT2D eigenvalue weighted by Crippen LogP contribution is 2.41. The first-order valence-corrected chi connectivity index (χ1v) is 11.0. The summed E-state index contributed by atoms with van der Waals surface area (Å²) >= 11 is 6.23. The van der Waals surface area contributed by atoms with E-state index in [4.69, 9.17) is 11.6 Å². The monoisotopic (exact) mass is 440 g/mol. The van der Waals surface area contributed by atoms with Crippen LogP contribution < -0.4 is 5.69 Å². The van der Waals surface area contributed by atoms with Crippen molar-refractivity contribution >= 4 is 33.8 Å². The van der Waals surface area contributed by atoms with E-state index in [0.29, 0.717) is 35.5 Å². The molecule has 0 atom stereocenters. The molecule has 4 aromatic heterocycles. The summed E-state index contributed by atoms with van der Waals surface area (Å²) in [5.74, 6) is 1.06. The molecule has 4 heterocycles. The first-order valence-electron chi connectivity index (χ1n) is 10.6. The van der Waals surface area contributed by atoms with Crippen LogP contribution in [0.25, 0.3) is 22.2 Å². The molecule has 0 radical (unpaired) electrons. The number of nitrogens with one attached hydrogen (secondary N) is 2. The minimum Gasteiger partial charge on any atom is -0.390 e. The van der Waals surface area contributed by atoms with Gasteiger partial charge < -0.3 is 15.1 Å². The number of H-pyrrole nitrogens is 2. The molecule has 0 amide bonds. The average Bonchev–Trinajstić information content (AvgIpc) is 3.38. The maximum Gasteiger partial charge on any atom is 0.326 e. The lowest BCUT2D eigenvalue weighted by Crippen LogP contribution is -2.18. The second-order valence-corrected chi connectivity index (χ2v) is 9.42. The van der Waals surface area contributed by atoms with Crippen LogP contribution in [0.5, 0.6) is 0 Å². The second-order valence-electron chi connectivity index (χ2n) is 9.04.